The molecule has 0 amide bonds. The van der Waals surface area contributed by atoms with Crippen LogP contribution in [0.5, 0.6) is 5.75 Å². The standard InChI is InChI=1S/C13H17N3OS/c1-2-3-4-8-17-11-7-5-6-10(9-11)12-14-13(18)16-15-12/h5-7,9H,2-4,8H2,1H3,(H2,14,15,16,18). The number of H-pyrrole nitrogens is 2. The van der Waals surface area contributed by atoms with E-state index in [1.807, 2.05) is 24.3 Å². The predicted molar refractivity (Wildman–Crippen MR) is 74.2 cm³/mol. The number of nitrogens with one attached hydrogen (secondary N) is 2. The Morgan fingerprint density at radius 1 is 1.28 bits per heavy atom. The summed E-state index contributed by atoms with van der Waals surface area (Å²) in [4.78, 5) is 4.18. The Bertz CT molecular complexity index is 547. The average Bonchev–Trinajstić information content (AvgIpc) is 2.82. The molecule has 1 heterocycles. The molecule has 18 heavy (non-hydrogen) atoms. The van der Waals surface area contributed by atoms with Crippen molar-refractivity contribution in [2.24, 2.45) is 0 Å². The maximum atomic E-state index is 5.70. The van der Waals surface area contributed by atoms with Crippen LogP contribution in [0.4, 0.5) is 0 Å². The minimum atomic E-state index is 0.458. The average molecular weight is 263 g/mol. The fraction of sp³-hybridized carbons (Fsp3) is 0.385. The number of unbranched alkanes of at least 4 members (excludes halogenated alkanes) is 2. The summed E-state index contributed by atoms with van der Waals surface area (Å²) < 4.78 is 6.16. The number of hydrogen-bond acceptors (Lipinski definition) is 3. The molecule has 1 aromatic heterocycles. The van der Waals surface area contributed by atoms with Crippen LogP contribution in [0.25, 0.3) is 11.4 Å². The van der Waals surface area contributed by atoms with E-state index in [0.29, 0.717) is 4.77 Å². The first-order valence-corrected chi connectivity index (χ1v) is 6.58. The summed E-state index contributed by atoms with van der Waals surface area (Å²) in [5, 5.41) is 5.71. The van der Waals surface area contributed by atoms with E-state index in [0.717, 1.165) is 30.2 Å². The van der Waals surface area contributed by atoms with Crippen LogP contribution in [0.1, 0.15) is 26.2 Å². The Labute approximate surface area is 111 Å². The molecule has 4 nitrogen and oxygen atoms in total. The Morgan fingerprint density at radius 2 is 2.17 bits per heavy atom. The third-order valence-corrected chi connectivity index (χ3v) is 2.82. The van der Waals surface area contributed by atoms with Crippen LogP contribution in [-0.4, -0.2) is 21.8 Å². The fourth-order valence-electron chi connectivity index (χ4n) is 1.68. The van der Waals surface area contributed by atoms with Crippen LogP contribution < -0.4 is 4.74 Å². The largest absolute Gasteiger partial charge is 0.494 e. The highest BCUT2D eigenvalue weighted by Crippen LogP contribution is 2.20. The molecule has 0 atom stereocenters. The zero-order chi connectivity index (χ0) is 12.8. The molecular weight excluding hydrogens is 246 g/mol. The van der Waals surface area contributed by atoms with Crippen molar-refractivity contribution in [3.05, 3.63) is 29.0 Å². The Hall–Kier alpha value is -1.62. The molecule has 1 aromatic carbocycles. The van der Waals surface area contributed by atoms with E-state index in [1.54, 1.807) is 0 Å². The van der Waals surface area contributed by atoms with Gasteiger partial charge in [0.2, 0.25) is 4.77 Å². The van der Waals surface area contributed by atoms with Gasteiger partial charge in [0.05, 0.1) is 6.61 Å². The number of aromatic amines is 2. The van der Waals surface area contributed by atoms with Gasteiger partial charge in [-0.15, -0.1) is 0 Å². The molecule has 2 rings (SSSR count). The molecular formula is C13H17N3OS. The van der Waals surface area contributed by atoms with Crippen LogP contribution in [0.3, 0.4) is 0 Å². The van der Waals surface area contributed by atoms with Crippen molar-refractivity contribution >= 4 is 12.2 Å². The minimum absolute atomic E-state index is 0.458. The molecule has 0 spiro atoms. The van der Waals surface area contributed by atoms with Gasteiger partial charge in [-0.05, 0) is 30.8 Å². The summed E-state index contributed by atoms with van der Waals surface area (Å²) in [6, 6.07) is 7.85. The quantitative estimate of drug-likeness (QED) is 0.617. The van der Waals surface area contributed by atoms with E-state index in [2.05, 4.69) is 22.1 Å². The van der Waals surface area contributed by atoms with Gasteiger partial charge < -0.3 is 4.74 Å². The molecule has 2 aromatic rings. The molecule has 0 unspecified atom stereocenters. The smallest absolute Gasteiger partial charge is 0.213 e. The van der Waals surface area contributed by atoms with Crippen molar-refractivity contribution in [1.82, 2.24) is 15.2 Å². The monoisotopic (exact) mass is 263 g/mol. The maximum Gasteiger partial charge on any atom is 0.213 e. The molecule has 0 bridgehead atoms. The number of nitrogens with zero attached hydrogens (tertiary/aromatic N) is 1. The van der Waals surface area contributed by atoms with E-state index < -0.39 is 0 Å². The Balaban J connectivity index is 2.03. The highest BCUT2D eigenvalue weighted by Gasteiger charge is 2.02. The zero-order valence-corrected chi connectivity index (χ0v) is 11.2. The molecule has 0 aliphatic heterocycles. The normalized spacial score (nSPS) is 10.5. The van der Waals surface area contributed by atoms with Crippen LogP contribution in [0, 0.1) is 4.77 Å². The highest BCUT2D eigenvalue weighted by molar-refractivity contribution is 7.71. The topological polar surface area (TPSA) is 53.7 Å². The van der Waals surface area contributed by atoms with Gasteiger partial charge in [-0.25, -0.2) is 0 Å². The summed E-state index contributed by atoms with van der Waals surface area (Å²) in [7, 11) is 0. The lowest BCUT2D eigenvalue weighted by Crippen LogP contribution is -1.97. The summed E-state index contributed by atoms with van der Waals surface area (Å²) >= 11 is 4.94. The molecule has 0 radical (unpaired) electrons. The van der Waals surface area contributed by atoms with Crippen molar-refractivity contribution in [2.75, 3.05) is 6.61 Å². The van der Waals surface area contributed by atoms with Crippen molar-refractivity contribution in [3.63, 3.8) is 0 Å². The minimum Gasteiger partial charge on any atom is -0.494 e. The van der Waals surface area contributed by atoms with Crippen LogP contribution in [0.2, 0.25) is 0 Å². The number of aromatic nitrogens is 3. The summed E-state index contributed by atoms with van der Waals surface area (Å²) in [5.41, 5.74) is 0.968. The van der Waals surface area contributed by atoms with Gasteiger partial charge in [-0.3, -0.25) is 10.2 Å². The van der Waals surface area contributed by atoms with Gasteiger partial charge in [-0.2, -0.15) is 4.98 Å². The first-order chi connectivity index (χ1) is 8.79. The van der Waals surface area contributed by atoms with Gasteiger partial charge in [0, 0.05) is 5.56 Å². The van der Waals surface area contributed by atoms with Crippen molar-refractivity contribution in [3.8, 4) is 17.1 Å². The number of hydrogen-bond donors (Lipinski definition) is 2. The van der Waals surface area contributed by atoms with Crippen LogP contribution in [0.15, 0.2) is 24.3 Å². The van der Waals surface area contributed by atoms with E-state index in [4.69, 9.17) is 17.0 Å². The lowest BCUT2D eigenvalue weighted by Gasteiger charge is -2.06. The SMILES string of the molecule is CCCCCOc1cccc(-c2nc(=S)[nH][nH]2)c1. The maximum absolute atomic E-state index is 5.70. The fourth-order valence-corrected chi connectivity index (χ4v) is 1.82. The molecule has 0 aliphatic rings. The zero-order valence-electron chi connectivity index (χ0n) is 10.4. The third-order valence-electron chi connectivity index (χ3n) is 2.63. The lowest BCUT2D eigenvalue weighted by atomic mass is 10.2. The van der Waals surface area contributed by atoms with Gasteiger partial charge >= 0.3 is 0 Å². The molecule has 0 saturated carbocycles. The molecule has 5 heteroatoms. The Kier molecular flexibility index (Phi) is 4.52. The summed E-state index contributed by atoms with van der Waals surface area (Å²) in [6.45, 7) is 2.94. The number of rotatable bonds is 6. The van der Waals surface area contributed by atoms with Crippen LogP contribution >= 0.6 is 12.2 Å². The van der Waals surface area contributed by atoms with E-state index in [1.165, 1.54) is 12.8 Å². The van der Waals surface area contributed by atoms with Gasteiger partial charge in [0.25, 0.3) is 0 Å². The van der Waals surface area contributed by atoms with Gasteiger partial charge in [0.15, 0.2) is 5.82 Å². The summed E-state index contributed by atoms with van der Waals surface area (Å²) in [6.07, 6.45) is 3.49. The van der Waals surface area contributed by atoms with Gasteiger partial charge in [0.1, 0.15) is 5.75 Å². The van der Waals surface area contributed by atoms with Gasteiger partial charge in [-0.1, -0.05) is 31.9 Å². The highest BCUT2D eigenvalue weighted by atomic mass is 32.1. The lowest BCUT2D eigenvalue weighted by molar-refractivity contribution is 0.306. The van der Waals surface area contributed by atoms with Crippen molar-refractivity contribution in [1.29, 1.82) is 0 Å². The second kappa shape index (κ2) is 6.35. The Morgan fingerprint density at radius 3 is 2.89 bits per heavy atom. The molecule has 96 valence electrons. The first-order valence-electron chi connectivity index (χ1n) is 6.17. The van der Waals surface area contributed by atoms with E-state index >= 15 is 0 Å². The third kappa shape index (κ3) is 3.43. The summed E-state index contributed by atoms with van der Waals surface area (Å²) in [5.74, 6) is 1.60. The molecule has 2 N–H and O–H groups in total. The van der Waals surface area contributed by atoms with E-state index in [-0.39, 0.29) is 0 Å². The van der Waals surface area contributed by atoms with E-state index in [9.17, 15) is 0 Å². The second-order valence-electron chi connectivity index (χ2n) is 4.10. The van der Waals surface area contributed by atoms with Crippen LogP contribution in [-0.2, 0) is 0 Å². The number of ether oxygens (including phenoxy) is 1. The molecule has 0 fully saturated rings. The second-order valence-corrected chi connectivity index (χ2v) is 4.49. The first kappa shape index (κ1) is 12.8. The molecule has 0 saturated heterocycles. The van der Waals surface area contributed by atoms with Crippen molar-refractivity contribution < 1.29 is 4.74 Å². The van der Waals surface area contributed by atoms with Crippen molar-refractivity contribution in [2.45, 2.75) is 26.2 Å². The number of benzene rings is 1. The molecule has 0 aliphatic carbocycles. The predicted octanol–water partition coefficient (Wildman–Crippen LogP) is 3.70.